The number of methoxy groups -OCH3 is 1. The molecule has 0 aromatic heterocycles. The minimum Gasteiger partial charge on any atom is -0.444 e. The molecule has 0 radical (unpaired) electrons. The molecular weight excluding hydrogens is 416 g/mol. The molecule has 178 valence electrons. The third-order valence-electron chi connectivity index (χ3n) is 5.89. The maximum atomic E-state index is 13.7. The molecule has 0 bridgehead atoms. The summed E-state index contributed by atoms with van der Waals surface area (Å²) in [6.45, 7) is 7.35. The molecule has 6 nitrogen and oxygen atoms in total. The van der Waals surface area contributed by atoms with Crippen LogP contribution in [0.4, 0.5) is 4.79 Å². The number of amides is 2. The van der Waals surface area contributed by atoms with Crippen LogP contribution < -0.4 is 0 Å². The summed E-state index contributed by atoms with van der Waals surface area (Å²) < 4.78 is 11.2. The number of nitrogens with zero attached hydrogens (tertiary/aromatic N) is 2. The van der Waals surface area contributed by atoms with Gasteiger partial charge in [-0.2, -0.15) is 0 Å². The number of rotatable bonds is 7. The van der Waals surface area contributed by atoms with Crippen LogP contribution >= 0.6 is 0 Å². The zero-order chi connectivity index (χ0) is 23.8. The van der Waals surface area contributed by atoms with Gasteiger partial charge in [-0.25, -0.2) is 4.79 Å². The van der Waals surface area contributed by atoms with Crippen LogP contribution in [0.5, 0.6) is 0 Å². The molecule has 1 saturated heterocycles. The molecular formula is C27H36N2O4. The number of benzene rings is 2. The molecule has 0 N–H and O–H groups in total. The lowest BCUT2D eigenvalue weighted by atomic mass is 10.00. The summed E-state index contributed by atoms with van der Waals surface area (Å²) in [5.41, 5.74) is 1.52. The standard InChI is InChI=1S/C27H36N2O4/c1-27(2,3)33-26(31)28-18-16-23(17-19-28)29(20-15-21-11-7-5-8-12-21)25(30)24(32-4)22-13-9-6-10-14-22/h5-14,23-24H,15-20H2,1-4H3. The van der Waals surface area contributed by atoms with E-state index < -0.39 is 11.7 Å². The van der Waals surface area contributed by atoms with Crippen LogP contribution in [-0.4, -0.2) is 60.2 Å². The molecule has 1 fully saturated rings. The normalized spacial score (nSPS) is 15.7. The van der Waals surface area contributed by atoms with Gasteiger partial charge in [0.1, 0.15) is 5.60 Å². The second-order valence-corrected chi connectivity index (χ2v) is 9.49. The Labute approximate surface area is 197 Å². The lowest BCUT2D eigenvalue weighted by Gasteiger charge is -2.40. The topological polar surface area (TPSA) is 59.1 Å². The lowest BCUT2D eigenvalue weighted by Crippen LogP contribution is -2.51. The van der Waals surface area contributed by atoms with Crippen LogP contribution in [0.3, 0.4) is 0 Å². The second kappa shape index (κ2) is 11.3. The summed E-state index contributed by atoms with van der Waals surface area (Å²) in [7, 11) is 1.58. The van der Waals surface area contributed by atoms with Crippen molar-refractivity contribution >= 4 is 12.0 Å². The van der Waals surface area contributed by atoms with Crippen molar-refractivity contribution in [3.05, 3.63) is 71.8 Å². The average Bonchev–Trinajstić information content (AvgIpc) is 2.80. The molecule has 2 aromatic carbocycles. The predicted octanol–water partition coefficient (Wildman–Crippen LogP) is 4.84. The van der Waals surface area contributed by atoms with Gasteiger partial charge in [-0.15, -0.1) is 0 Å². The molecule has 1 atom stereocenters. The van der Waals surface area contributed by atoms with Crippen molar-refractivity contribution in [2.75, 3.05) is 26.7 Å². The summed E-state index contributed by atoms with van der Waals surface area (Å²) >= 11 is 0. The molecule has 0 spiro atoms. The van der Waals surface area contributed by atoms with E-state index >= 15 is 0 Å². The monoisotopic (exact) mass is 452 g/mol. The number of hydrogen-bond donors (Lipinski definition) is 0. The SMILES string of the molecule is COC(C(=O)N(CCc1ccccc1)C1CCN(C(=O)OC(C)(C)C)CC1)c1ccccc1. The van der Waals surface area contributed by atoms with Gasteiger partial charge in [0.15, 0.2) is 6.10 Å². The van der Waals surface area contributed by atoms with E-state index in [4.69, 9.17) is 9.47 Å². The number of piperidine rings is 1. The van der Waals surface area contributed by atoms with Crippen LogP contribution in [0.2, 0.25) is 0 Å². The third-order valence-corrected chi connectivity index (χ3v) is 5.89. The van der Waals surface area contributed by atoms with Gasteiger partial charge < -0.3 is 19.3 Å². The van der Waals surface area contributed by atoms with Crippen molar-refractivity contribution in [1.82, 2.24) is 9.80 Å². The van der Waals surface area contributed by atoms with Gasteiger partial charge >= 0.3 is 6.09 Å². The molecule has 1 aliphatic rings. The van der Waals surface area contributed by atoms with Crippen LogP contribution in [0.1, 0.15) is 50.8 Å². The maximum Gasteiger partial charge on any atom is 0.410 e. The van der Waals surface area contributed by atoms with Gasteiger partial charge in [-0.05, 0) is 51.2 Å². The summed E-state index contributed by atoms with van der Waals surface area (Å²) in [6.07, 6.45) is 1.26. The first kappa shape index (κ1) is 24.8. The third kappa shape index (κ3) is 7.06. The number of hydrogen-bond acceptors (Lipinski definition) is 4. The maximum absolute atomic E-state index is 13.7. The summed E-state index contributed by atoms with van der Waals surface area (Å²) in [6, 6.07) is 19.9. The van der Waals surface area contributed by atoms with E-state index in [1.807, 2.05) is 74.2 Å². The molecule has 2 amide bonds. The Hall–Kier alpha value is -2.86. The van der Waals surface area contributed by atoms with Crippen LogP contribution in [0.15, 0.2) is 60.7 Å². The van der Waals surface area contributed by atoms with E-state index in [0.717, 1.165) is 12.0 Å². The number of ether oxygens (including phenoxy) is 2. The van der Waals surface area contributed by atoms with Gasteiger partial charge in [0.05, 0.1) is 0 Å². The Morgan fingerprint density at radius 2 is 1.58 bits per heavy atom. The van der Waals surface area contributed by atoms with Gasteiger partial charge in [0, 0.05) is 32.8 Å². The Morgan fingerprint density at radius 3 is 2.12 bits per heavy atom. The van der Waals surface area contributed by atoms with Crippen LogP contribution in [0.25, 0.3) is 0 Å². The fourth-order valence-electron chi connectivity index (χ4n) is 4.21. The second-order valence-electron chi connectivity index (χ2n) is 9.49. The summed E-state index contributed by atoms with van der Waals surface area (Å²) in [5.74, 6) is -0.0321. The molecule has 1 unspecified atom stereocenters. The average molecular weight is 453 g/mol. The highest BCUT2D eigenvalue weighted by Crippen LogP contribution is 2.25. The zero-order valence-electron chi connectivity index (χ0n) is 20.2. The predicted molar refractivity (Wildman–Crippen MR) is 129 cm³/mol. The van der Waals surface area contributed by atoms with Crippen molar-refractivity contribution in [2.24, 2.45) is 0 Å². The number of likely N-dealkylation sites (tertiary alicyclic amines) is 1. The van der Waals surface area contributed by atoms with Crippen molar-refractivity contribution < 1.29 is 19.1 Å². The summed E-state index contributed by atoms with van der Waals surface area (Å²) in [5, 5.41) is 0. The quantitative estimate of drug-likeness (QED) is 0.603. The molecule has 3 rings (SSSR count). The van der Waals surface area contributed by atoms with E-state index in [9.17, 15) is 9.59 Å². The van der Waals surface area contributed by atoms with Crippen molar-refractivity contribution in [1.29, 1.82) is 0 Å². The number of carbonyl (C=O) groups excluding carboxylic acids is 2. The molecule has 2 aromatic rings. The van der Waals surface area contributed by atoms with Gasteiger partial charge in [-0.1, -0.05) is 60.7 Å². The molecule has 0 saturated carbocycles. The largest absolute Gasteiger partial charge is 0.444 e. The van der Waals surface area contributed by atoms with Gasteiger partial charge in [0.25, 0.3) is 5.91 Å². The Bertz CT molecular complexity index is 887. The van der Waals surface area contributed by atoms with E-state index in [-0.39, 0.29) is 18.0 Å². The fraction of sp³-hybridized carbons (Fsp3) is 0.481. The number of carbonyl (C=O) groups is 2. The first-order valence-electron chi connectivity index (χ1n) is 11.7. The Morgan fingerprint density at radius 1 is 1.00 bits per heavy atom. The van der Waals surface area contributed by atoms with Crippen LogP contribution in [0, 0.1) is 0 Å². The van der Waals surface area contributed by atoms with E-state index in [1.54, 1.807) is 12.0 Å². The van der Waals surface area contributed by atoms with Crippen molar-refractivity contribution in [3.8, 4) is 0 Å². The molecule has 1 heterocycles. The molecule has 0 aliphatic carbocycles. The van der Waals surface area contributed by atoms with Crippen molar-refractivity contribution in [3.63, 3.8) is 0 Å². The smallest absolute Gasteiger partial charge is 0.410 e. The summed E-state index contributed by atoms with van der Waals surface area (Å²) in [4.78, 5) is 29.9. The van der Waals surface area contributed by atoms with Gasteiger partial charge in [0.2, 0.25) is 0 Å². The first-order chi connectivity index (χ1) is 15.8. The highest BCUT2D eigenvalue weighted by molar-refractivity contribution is 5.82. The fourth-order valence-corrected chi connectivity index (χ4v) is 4.21. The zero-order valence-corrected chi connectivity index (χ0v) is 20.2. The first-order valence-corrected chi connectivity index (χ1v) is 11.7. The van der Waals surface area contributed by atoms with E-state index in [2.05, 4.69) is 12.1 Å². The lowest BCUT2D eigenvalue weighted by molar-refractivity contribution is -0.145. The Balaban J connectivity index is 1.73. The molecule has 1 aliphatic heterocycles. The Kier molecular flexibility index (Phi) is 8.50. The molecule has 6 heteroatoms. The van der Waals surface area contributed by atoms with E-state index in [1.165, 1.54) is 5.56 Å². The minimum atomic E-state index is -0.647. The van der Waals surface area contributed by atoms with Gasteiger partial charge in [-0.3, -0.25) is 4.79 Å². The van der Waals surface area contributed by atoms with E-state index in [0.29, 0.717) is 32.5 Å². The minimum absolute atomic E-state index is 0.0321. The van der Waals surface area contributed by atoms with Crippen molar-refractivity contribution in [2.45, 2.75) is 57.8 Å². The molecule has 33 heavy (non-hydrogen) atoms. The highest BCUT2D eigenvalue weighted by atomic mass is 16.6. The van der Waals surface area contributed by atoms with Crippen LogP contribution in [-0.2, 0) is 20.7 Å². The highest BCUT2D eigenvalue weighted by Gasteiger charge is 2.34.